The molecule has 4 heteroatoms. The average molecular weight is 263 g/mol. The molecule has 19 heavy (non-hydrogen) atoms. The monoisotopic (exact) mass is 263 g/mol. The highest BCUT2D eigenvalue weighted by Crippen LogP contribution is 2.30. The Labute approximate surface area is 115 Å². The molecule has 1 heterocycles. The summed E-state index contributed by atoms with van der Waals surface area (Å²) in [6, 6.07) is 0.315. The quantitative estimate of drug-likeness (QED) is 0.880. The number of amides is 1. The van der Waals surface area contributed by atoms with E-state index in [-0.39, 0.29) is 5.91 Å². The molecule has 1 aromatic heterocycles. The van der Waals surface area contributed by atoms with Crippen LogP contribution in [-0.2, 0) is 0 Å². The highest BCUT2D eigenvalue weighted by atomic mass is 16.1. The lowest BCUT2D eigenvalue weighted by Crippen LogP contribution is -2.44. The van der Waals surface area contributed by atoms with E-state index < -0.39 is 0 Å². The van der Waals surface area contributed by atoms with Gasteiger partial charge < -0.3 is 5.32 Å². The molecule has 1 aliphatic carbocycles. The molecule has 1 fully saturated rings. The Hall–Kier alpha value is -1.32. The largest absolute Gasteiger partial charge is 0.349 e. The smallest absolute Gasteiger partial charge is 0.255 e. The van der Waals surface area contributed by atoms with Gasteiger partial charge in [-0.25, -0.2) is 0 Å². The summed E-state index contributed by atoms with van der Waals surface area (Å²) in [5.41, 5.74) is 2.35. The maximum absolute atomic E-state index is 12.4. The van der Waals surface area contributed by atoms with E-state index in [2.05, 4.69) is 29.4 Å². The van der Waals surface area contributed by atoms with Crippen LogP contribution in [0.25, 0.3) is 0 Å². The van der Waals surface area contributed by atoms with Crippen LogP contribution in [0.1, 0.15) is 61.3 Å². The zero-order chi connectivity index (χ0) is 14.0. The van der Waals surface area contributed by atoms with Gasteiger partial charge in [-0.3, -0.25) is 9.89 Å². The molecule has 0 radical (unpaired) electrons. The highest BCUT2D eigenvalue weighted by Gasteiger charge is 2.29. The summed E-state index contributed by atoms with van der Waals surface area (Å²) >= 11 is 0. The lowest BCUT2D eigenvalue weighted by Gasteiger charge is -2.34. The van der Waals surface area contributed by atoms with Crippen molar-refractivity contribution >= 4 is 5.91 Å². The van der Waals surface area contributed by atoms with E-state index >= 15 is 0 Å². The van der Waals surface area contributed by atoms with Crippen LogP contribution in [0.2, 0.25) is 0 Å². The first-order valence-corrected chi connectivity index (χ1v) is 7.33. The van der Waals surface area contributed by atoms with Crippen LogP contribution in [-0.4, -0.2) is 22.1 Å². The molecule has 1 aliphatic rings. The molecule has 0 saturated heterocycles. The molecule has 0 bridgehead atoms. The Morgan fingerprint density at radius 3 is 2.58 bits per heavy atom. The van der Waals surface area contributed by atoms with Crippen molar-refractivity contribution in [1.82, 2.24) is 15.5 Å². The Morgan fingerprint density at radius 2 is 2.00 bits per heavy atom. The van der Waals surface area contributed by atoms with E-state index in [1.54, 1.807) is 0 Å². The SMILES string of the molecule is Cc1n[nH]c(C)c1C(=O)NC1CCCCC1C(C)C. The number of carbonyl (C=O) groups excluding carboxylic acids is 1. The number of aromatic nitrogens is 2. The molecular weight excluding hydrogens is 238 g/mol. The fourth-order valence-corrected chi connectivity index (χ4v) is 3.26. The minimum atomic E-state index is 0.0290. The van der Waals surface area contributed by atoms with Crippen molar-refractivity contribution in [1.29, 1.82) is 0 Å². The van der Waals surface area contributed by atoms with E-state index in [4.69, 9.17) is 0 Å². The van der Waals surface area contributed by atoms with Crippen LogP contribution >= 0.6 is 0 Å². The molecule has 106 valence electrons. The first-order valence-electron chi connectivity index (χ1n) is 7.33. The summed E-state index contributed by atoms with van der Waals surface area (Å²) in [7, 11) is 0. The Balaban J connectivity index is 2.09. The maximum atomic E-state index is 12.4. The first-order chi connectivity index (χ1) is 9.00. The number of hydrogen-bond donors (Lipinski definition) is 2. The van der Waals surface area contributed by atoms with Crippen molar-refractivity contribution in [3.8, 4) is 0 Å². The molecule has 2 N–H and O–H groups in total. The second-order valence-electron chi connectivity index (χ2n) is 6.08. The minimum absolute atomic E-state index is 0.0290. The highest BCUT2D eigenvalue weighted by molar-refractivity contribution is 5.96. The minimum Gasteiger partial charge on any atom is -0.349 e. The van der Waals surface area contributed by atoms with Gasteiger partial charge in [0.05, 0.1) is 11.3 Å². The van der Waals surface area contributed by atoms with Crippen molar-refractivity contribution in [2.45, 2.75) is 59.4 Å². The van der Waals surface area contributed by atoms with Crippen LogP contribution in [0.3, 0.4) is 0 Å². The van der Waals surface area contributed by atoms with Crippen molar-refractivity contribution < 1.29 is 4.79 Å². The van der Waals surface area contributed by atoms with Crippen LogP contribution in [0.4, 0.5) is 0 Å². The van der Waals surface area contributed by atoms with E-state index in [0.29, 0.717) is 23.4 Å². The molecular formula is C15H25N3O. The number of aryl methyl sites for hydroxylation is 2. The number of hydrogen-bond acceptors (Lipinski definition) is 2. The van der Waals surface area contributed by atoms with Gasteiger partial charge in [-0.1, -0.05) is 26.7 Å². The number of rotatable bonds is 3. The molecule has 1 saturated carbocycles. The lowest BCUT2D eigenvalue weighted by atomic mass is 9.78. The third-order valence-electron chi connectivity index (χ3n) is 4.35. The predicted molar refractivity (Wildman–Crippen MR) is 76.1 cm³/mol. The van der Waals surface area contributed by atoms with Crippen LogP contribution in [0.5, 0.6) is 0 Å². The molecule has 2 rings (SSSR count). The fourth-order valence-electron chi connectivity index (χ4n) is 3.26. The van der Waals surface area contributed by atoms with Crippen molar-refractivity contribution in [3.63, 3.8) is 0 Å². The van der Waals surface area contributed by atoms with Gasteiger partial charge in [0.15, 0.2) is 0 Å². The summed E-state index contributed by atoms with van der Waals surface area (Å²) < 4.78 is 0. The van der Waals surface area contributed by atoms with Crippen LogP contribution in [0, 0.1) is 25.7 Å². The molecule has 2 atom stereocenters. The van der Waals surface area contributed by atoms with Crippen molar-refractivity contribution in [2.75, 3.05) is 0 Å². The van der Waals surface area contributed by atoms with Crippen LogP contribution < -0.4 is 5.32 Å². The van der Waals surface area contributed by atoms with Gasteiger partial charge >= 0.3 is 0 Å². The van der Waals surface area contributed by atoms with Gasteiger partial charge in [0.2, 0.25) is 0 Å². The summed E-state index contributed by atoms with van der Waals surface area (Å²) in [6.45, 7) is 8.28. The Morgan fingerprint density at radius 1 is 1.32 bits per heavy atom. The zero-order valence-electron chi connectivity index (χ0n) is 12.4. The lowest BCUT2D eigenvalue weighted by molar-refractivity contribution is 0.0888. The molecule has 0 spiro atoms. The van der Waals surface area contributed by atoms with Gasteiger partial charge in [-0.15, -0.1) is 0 Å². The van der Waals surface area contributed by atoms with Gasteiger partial charge in [-0.2, -0.15) is 5.10 Å². The molecule has 1 aromatic rings. The fraction of sp³-hybridized carbons (Fsp3) is 0.733. The van der Waals surface area contributed by atoms with Crippen molar-refractivity contribution in [2.24, 2.45) is 11.8 Å². The molecule has 2 unspecified atom stereocenters. The average Bonchev–Trinajstić information content (AvgIpc) is 2.69. The molecule has 0 aromatic carbocycles. The number of H-pyrrole nitrogens is 1. The predicted octanol–water partition coefficient (Wildman–Crippen LogP) is 2.97. The molecule has 1 amide bonds. The topological polar surface area (TPSA) is 57.8 Å². The van der Waals surface area contributed by atoms with E-state index in [9.17, 15) is 4.79 Å². The summed E-state index contributed by atoms with van der Waals surface area (Å²) in [4.78, 5) is 12.4. The van der Waals surface area contributed by atoms with Gasteiger partial charge in [0.1, 0.15) is 0 Å². The van der Waals surface area contributed by atoms with E-state index in [1.165, 1.54) is 19.3 Å². The maximum Gasteiger partial charge on any atom is 0.255 e. The third-order valence-corrected chi connectivity index (χ3v) is 4.35. The summed E-state index contributed by atoms with van der Waals surface area (Å²) in [6.07, 6.45) is 4.84. The van der Waals surface area contributed by atoms with Gasteiger partial charge in [0, 0.05) is 11.7 Å². The normalized spacial score (nSPS) is 23.6. The van der Waals surface area contributed by atoms with Gasteiger partial charge in [0.25, 0.3) is 5.91 Å². The molecule has 4 nitrogen and oxygen atoms in total. The third kappa shape index (κ3) is 2.99. The second kappa shape index (κ2) is 5.76. The van der Waals surface area contributed by atoms with Crippen molar-refractivity contribution in [3.05, 3.63) is 17.0 Å². The van der Waals surface area contributed by atoms with Crippen LogP contribution in [0.15, 0.2) is 0 Å². The standard InChI is InChI=1S/C15H25N3O/c1-9(2)12-7-5-6-8-13(12)16-15(19)14-10(3)17-18-11(14)4/h9,12-13H,5-8H2,1-4H3,(H,16,19)(H,17,18). The van der Waals surface area contributed by atoms with E-state index in [1.807, 2.05) is 13.8 Å². The Bertz CT molecular complexity index is 431. The molecule has 0 aliphatic heterocycles. The van der Waals surface area contributed by atoms with Gasteiger partial charge in [-0.05, 0) is 38.5 Å². The zero-order valence-corrected chi connectivity index (χ0v) is 12.4. The second-order valence-corrected chi connectivity index (χ2v) is 6.08. The summed E-state index contributed by atoms with van der Waals surface area (Å²) in [5.74, 6) is 1.25. The number of aromatic amines is 1. The number of nitrogens with zero attached hydrogens (tertiary/aromatic N) is 1. The Kier molecular flexibility index (Phi) is 4.27. The number of nitrogens with one attached hydrogen (secondary N) is 2. The first kappa shape index (κ1) is 14.1. The summed E-state index contributed by atoms with van der Waals surface area (Å²) in [5, 5.41) is 10.2. The number of carbonyl (C=O) groups is 1. The van der Waals surface area contributed by atoms with E-state index in [0.717, 1.165) is 17.8 Å².